The van der Waals surface area contributed by atoms with Gasteiger partial charge in [-0.25, -0.2) is 0 Å². The van der Waals surface area contributed by atoms with E-state index >= 15 is 0 Å². The number of morpholine rings is 1. The zero-order chi connectivity index (χ0) is 29.5. The number of carbonyl (C=O) groups is 3. The van der Waals surface area contributed by atoms with Gasteiger partial charge in [0.1, 0.15) is 11.5 Å². The van der Waals surface area contributed by atoms with Crippen molar-refractivity contribution in [2.75, 3.05) is 52.6 Å². The number of phenols is 1. The number of aromatic hydroxyl groups is 1. The Labute approximate surface area is 242 Å². The minimum absolute atomic E-state index is 0.00925. The lowest BCUT2D eigenvalue weighted by molar-refractivity contribution is -0.143. The number of benzene rings is 2. The second kappa shape index (κ2) is 13.6. The number of rotatable bonds is 13. The van der Waals surface area contributed by atoms with E-state index in [1.165, 1.54) is 12.1 Å². The lowest BCUT2D eigenvalue weighted by atomic mass is 9.79. The molecule has 222 valence electrons. The van der Waals surface area contributed by atoms with Crippen LogP contribution in [0.4, 0.5) is 0 Å². The average Bonchev–Trinajstić information content (AvgIpc) is 3.41. The molecule has 2 aromatic carbocycles. The molecule has 0 radical (unpaired) electrons. The fraction of sp³-hybridized carbons (Fsp3) is 0.531. The molecular weight excluding hydrogens is 524 g/mol. The molecule has 9 heteroatoms. The number of phenolic OH excluding ortho intramolecular Hbond substituents is 1. The molecule has 2 fully saturated rings. The summed E-state index contributed by atoms with van der Waals surface area (Å²) in [6.45, 7) is 10.0. The van der Waals surface area contributed by atoms with Gasteiger partial charge in [0.25, 0.3) is 0 Å². The van der Waals surface area contributed by atoms with E-state index < -0.39 is 11.1 Å². The van der Waals surface area contributed by atoms with Crippen molar-refractivity contribution < 1.29 is 33.7 Å². The summed E-state index contributed by atoms with van der Waals surface area (Å²) in [6.07, 6.45) is 1.62. The number of nitrogens with zero attached hydrogens (tertiary/aromatic N) is 2. The monoisotopic (exact) mass is 566 g/mol. The Morgan fingerprint density at radius 3 is 2.12 bits per heavy atom. The van der Waals surface area contributed by atoms with Crippen LogP contribution in [0.2, 0.25) is 0 Å². The van der Waals surface area contributed by atoms with Crippen LogP contribution in [0, 0.1) is 0 Å². The van der Waals surface area contributed by atoms with Crippen molar-refractivity contribution in [1.29, 1.82) is 0 Å². The summed E-state index contributed by atoms with van der Waals surface area (Å²) >= 11 is 0. The molecule has 0 amide bonds. The predicted octanol–water partition coefficient (Wildman–Crippen LogP) is 4.13. The van der Waals surface area contributed by atoms with Crippen molar-refractivity contribution in [1.82, 2.24) is 9.80 Å². The molecule has 2 aliphatic rings. The number of ether oxygens (including phenoxy) is 3. The molecule has 4 rings (SSSR count). The summed E-state index contributed by atoms with van der Waals surface area (Å²) in [4.78, 5) is 44.8. The molecule has 2 atom stereocenters. The van der Waals surface area contributed by atoms with Gasteiger partial charge in [-0.15, -0.1) is 0 Å². The molecule has 9 nitrogen and oxygen atoms in total. The van der Waals surface area contributed by atoms with Gasteiger partial charge in [0.05, 0.1) is 43.9 Å². The largest absolute Gasteiger partial charge is 0.508 e. The van der Waals surface area contributed by atoms with Crippen molar-refractivity contribution in [2.24, 2.45) is 0 Å². The average molecular weight is 567 g/mol. The third kappa shape index (κ3) is 6.47. The number of ketones is 2. The van der Waals surface area contributed by atoms with Crippen LogP contribution in [0.25, 0.3) is 0 Å². The van der Waals surface area contributed by atoms with Crippen LogP contribution in [-0.2, 0) is 14.3 Å². The number of Topliss-reactive ketones (excluding diaryl/α,β-unsaturated/α-hetero) is 2. The fourth-order valence-corrected chi connectivity index (χ4v) is 6.45. The van der Waals surface area contributed by atoms with Gasteiger partial charge in [-0.05, 0) is 87.8 Å². The van der Waals surface area contributed by atoms with Crippen molar-refractivity contribution >= 4 is 17.5 Å². The molecule has 2 aromatic rings. The van der Waals surface area contributed by atoms with Gasteiger partial charge in [-0.1, -0.05) is 13.8 Å². The number of hydrogen-bond acceptors (Lipinski definition) is 9. The van der Waals surface area contributed by atoms with Crippen LogP contribution in [0.3, 0.4) is 0 Å². The van der Waals surface area contributed by atoms with E-state index in [1.54, 1.807) is 43.3 Å². The first-order chi connectivity index (χ1) is 19.8. The van der Waals surface area contributed by atoms with Crippen molar-refractivity contribution in [3.05, 3.63) is 59.7 Å². The molecule has 1 aliphatic heterocycles. The maximum absolute atomic E-state index is 14.5. The van der Waals surface area contributed by atoms with E-state index in [1.807, 2.05) is 13.8 Å². The molecule has 0 spiro atoms. The molecule has 1 heterocycles. The van der Waals surface area contributed by atoms with Crippen molar-refractivity contribution in [3.8, 4) is 11.5 Å². The SMILES string of the molecule is CCOC(=O)CCOc1ccc(C(=O)C2(N3CCOCC3)CCC(C(=O)c3ccc(O)cc3)(N(CC)CC)C2)cc1. The zero-order valence-electron chi connectivity index (χ0n) is 24.4. The van der Waals surface area contributed by atoms with Crippen LogP contribution in [0.15, 0.2) is 48.5 Å². The molecule has 0 aromatic heterocycles. The van der Waals surface area contributed by atoms with Gasteiger partial charge < -0.3 is 19.3 Å². The van der Waals surface area contributed by atoms with E-state index in [9.17, 15) is 19.5 Å². The lowest BCUT2D eigenvalue weighted by Crippen LogP contribution is -2.61. The Bertz CT molecular complexity index is 1190. The highest BCUT2D eigenvalue weighted by molar-refractivity contribution is 6.08. The number of carbonyl (C=O) groups excluding carboxylic acids is 3. The normalized spacial score (nSPS) is 22.9. The Kier molecular flexibility index (Phi) is 10.2. The van der Waals surface area contributed by atoms with Crippen LogP contribution in [-0.4, -0.2) is 96.1 Å². The quantitative estimate of drug-likeness (QED) is 0.283. The number of esters is 1. The second-order valence-corrected chi connectivity index (χ2v) is 10.6. The summed E-state index contributed by atoms with van der Waals surface area (Å²) in [5.74, 6) is 0.333. The zero-order valence-corrected chi connectivity index (χ0v) is 24.4. The minimum Gasteiger partial charge on any atom is -0.508 e. The smallest absolute Gasteiger partial charge is 0.309 e. The summed E-state index contributed by atoms with van der Waals surface area (Å²) in [5.41, 5.74) is -0.638. The Hall–Kier alpha value is -3.27. The highest BCUT2D eigenvalue weighted by atomic mass is 16.5. The molecule has 1 saturated heterocycles. The minimum atomic E-state index is -0.870. The topological polar surface area (TPSA) is 106 Å². The van der Waals surface area contributed by atoms with Crippen molar-refractivity contribution in [2.45, 2.75) is 57.5 Å². The molecule has 2 unspecified atom stereocenters. The fourth-order valence-electron chi connectivity index (χ4n) is 6.45. The molecule has 1 saturated carbocycles. The van der Waals surface area contributed by atoms with Crippen LogP contribution < -0.4 is 4.74 Å². The third-order valence-electron chi connectivity index (χ3n) is 8.49. The first-order valence-electron chi connectivity index (χ1n) is 14.6. The number of likely N-dealkylation sites (N-methyl/N-ethyl adjacent to an activating group) is 1. The first kappa shape index (κ1) is 30.7. The maximum atomic E-state index is 14.5. The Morgan fingerprint density at radius 2 is 1.51 bits per heavy atom. The third-order valence-corrected chi connectivity index (χ3v) is 8.49. The summed E-state index contributed by atoms with van der Waals surface area (Å²) in [6, 6.07) is 13.4. The lowest BCUT2D eigenvalue weighted by Gasteiger charge is -2.45. The van der Waals surface area contributed by atoms with E-state index in [4.69, 9.17) is 14.2 Å². The molecule has 1 aliphatic carbocycles. The maximum Gasteiger partial charge on any atom is 0.309 e. The van der Waals surface area contributed by atoms with Crippen LogP contribution in [0.1, 0.15) is 67.2 Å². The Morgan fingerprint density at radius 1 is 0.902 bits per heavy atom. The summed E-state index contributed by atoms with van der Waals surface area (Å²) < 4.78 is 16.3. The standard InChI is InChI=1S/C32H42N2O7/c1-4-33(5-2)31(29(37)24-7-11-26(35)12-8-24)16-17-32(23-31,34-18-21-39-22-19-34)30(38)25-9-13-27(14-10-25)41-20-15-28(36)40-6-3/h7-14,35H,4-6,15-23H2,1-3H3. The van der Waals surface area contributed by atoms with Crippen molar-refractivity contribution in [3.63, 3.8) is 0 Å². The van der Waals surface area contributed by atoms with Gasteiger partial charge in [0, 0.05) is 24.2 Å². The van der Waals surface area contributed by atoms with Gasteiger partial charge in [-0.2, -0.15) is 0 Å². The van der Waals surface area contributed by atoms with Gasteiger partial charge in [0.2, 0.25) is 0 Å². The van der Waals surface area contributed by atoms with Gasteiger partial charge in [0.15, 0.2) is 11.6 Å². The summed E-state index contributed by atoms with van der Waals surface area (Å²) in [5, 5.41) is 9.82. The number of hydrogen-bond donors (Lipinski definition) is 1. The van der Waals surface area contributed by atoms with E-state index in [0.717, 1.165) is 0 Å². The molecule has 41 heavy (non-hydrogen) atoms. The highest BCUT2D eigenvalue weighted by Gasteiger charge is 2.60. The van der Waals surface area contributed by atoms with Gasteiger partial charge in [-0.3, -0.25) is 24.2 Å². The van der Waals surface area contributed by atoms with E-state index in [2.05, 4.69) is 9.80 Å². The Balaban J connectivity index is 1.64. The molecule has 0 bridgehead atoms. The van der Waals surface area contributed by atoms with E-state index in [0.29, 0.717) is 82.1 Å². The predicted molar refractivity (Wildman–Crippen MR) is 155 cm³/mol. The highest BCUT2D eigenvalue weighted by Crippen LogP contribution is 2.48. The van der Waals surface area contributed by atoms with E-state index in [-0.39, 0.29) is 36.3 Å². The second-order valence-electron chi connectivity index (χ2n) is 10.6. The molecular formula is C32H42N2O7. The molecule has 1 N–H and O–H groups in total. The first-order valence-corrected chi connectivity index (χ1v) is 14.6. The van der Waals surface area contributed by atoms with Crippen LogP contribution >= 0.6 is 0 Å². The summed E-state index contributed by atoms with van der Waals surface area (Å²) in [7, 11) is 0. The van der Waals surface area contributed by atoms with Gasteiger partial charge >= 0.3 is 5.97 Å². The van der Waals surface area contributed by atoms with Crippen LogP contribution in [0.5, 0.6) is 11.5 Å².